The van der Waals surface area contributed by atoms with Gasteiger partial charge in [-0.05, 0) is 30.3 Å². The second kappa shape index (κ2) is 8.57. The number of carbonyl (C=O) groups excluding carboxylic acids is 3. The number of methoxy groups -OCH3 is 1. The van der Waals surface area contributed by atoms with Gasteiger partial charge >= 0.3 is 0 Å². The number of carbonyl (C=O) groups is 3. The number of ether oxygens (including phenoxy) is 1. The number of piperazine rings is 1. The summed E-state index contributed by atoms with van der Waals surface area (Å²) in [6.45, 7) is 2.31. The van der Waals surface area contributed by atoms with Crippen LogP contribution >= 0.6 is 0 Å². The van der Waals surface area contributed by atoms with Crippen LogP contribution in [0.2, 0.25) is 0 Å². The van der Waals surface area contributed by atoms with Gasteiger partial charge in [0, 0.05) is 50.4 Å². The Morgan fingerprint density at radius 3 is 2.33 bits per heavy atom. The van der Waals surface area contributed by atoms with Crippen LogP contribution in [0.1, 0.15) is 16.8 Å². The quantitative estimate of drug-likeness (QED) is 0.778. The van der Waals surface area contributed by atoms with E-state index in [4.69, 9.17) is 4.74 Å². The number of nitrogens with zero attached hydrogens (tertiary/aromatic N) is 3. The smallest absolute Gasteiger partial charge is 0.254 e. The molecule has 0 spiro atoms. The molecule has 2 aliphatic rings. The fourth-order valence-electron chi connectivity index (χ4n) is 4.06. The first-order valence-electron chi connectivity index (χ1n) is 10.1. The summed E-state index contributed by atoms with van der Waals surface area (Å²) in [4.78, 5) is 43.4. The summed E-state index contributed by atoms with van der Waals surface area (Å²) in [5.74, 6) is 0.218. The third-order valence-electron chi connectivity index (χ3n) is 5.74. The van der Waals surface area contributed by atoms with Crippen LogP contribution in [0.25, 0.3) is 0 Å². The van der Waals surface area contributed by atoms with Gasteiger partial charge in [-0.1, -0.05) is 24.3 Å². The van der Waals surface area contributed by atoms with Crippen LogP contribution < -0.4 is 9.64 Å². The van der Waals surface area contributed by atoms with E-state index in [0.717, 1.165) is 5.69 Å². The lowest BCUT2D eigenvalue weighted by atomic mass is 10.1. The molecule has 1 unspecified atom stereocenters. The fourth-order valence-corrected chi connectivity index (χ4v) is 4.06. The molecule has 2 aromatic carbocycles. The van der Waals surface area contributed by atoms with Gasteiger partial charge in [-0.2, -0.15) is 0 Å². The third-order valence-corrected chi connectivity index (χ3v) is 5.74. The first-order valence-corrected chi connectivity index (χ1v) is 10.1. The van der Waals surface area contributed by atoms with Crippen LogP contribution in [0.5, 0.6) is 5.75 Å². The zero-order chi connectivity index (χ0) is 21.1. The second-order valence-corrected chi connectivity index (χ2v) is 7.59. The molecular formula is C23H25N3O4. The molecular weight excluding hydrogens is 382 g/mol. The number of benzene rings is 2. The Hall–Kier alpha value is -3.35. The van der Waals surface area contributed by atoms with Crippen LogP contribution in [-0.4, -0.2) is 67.4 Å². The van der Waals surface area contributed by atoms with E-state index in [1.807, 2.05) is 30.3 Å². The predicted octanol–water partition coefficient (Wildman–Crippen LogP) is 2.03. The maximum Gasteiger partial charge on any atom is 0.254 e. The monoisotopic (exact) mass is 407 g/mol. The van der Waals surface area contributed by atoms with Crippen LogP contribution in [0.4, 0.5) is 5.69 Å². The molecule has 156 valence electrons. The highest BCUT2D eigenvalue weighted by atomic mass is 16.5. The first kappa shape index (κ1) is 19.9. The van der Waals surface area contributed by atoms with Crippen LogP contribution in [0.15, 0.2) is 54.6 Å². The Morgan fingerprint density at radius 1 is 0.933 bits per heavy atom. The molecule has 0 saturated carbocycles. The van der Waals surface area contributed by atoms with Crippen LogP contribution in [-0.2, 0) is 9.59 Å². The number of hydrogen-bond donors (Lipinski definition) is 0. The summed E-state index contributed by atoms with van der Waals surface area (Å²) in [5.41, 5.74) is 1.40. The SMILES string of the molecule is COc1cccc(C(=O)N2CCN(C(=O)C3CC(=O)N(c4ccccc4)C3)CC2)c1. The van der Waals surface area contributed by atoms with Crippen molar-refractivity contribution in [3.63, 3.8) is 0 Å². The minimum Gasteiger partial charge on any atom is -0.497 e. The molecule has 7 nitrogen and oxygen atoms in total. The van der Waals surface area contributed by atoms with Crippen LogP contribution in [0, 0.1) is 5.92 Å². The van der Waals surface area contributed by atoms with Crippen molar-refractivity contribution < 1.29 is 19.1 Å². The summed E-state index contributed by atoms with van der Waals surface area (Å²) in [7, 11) is 1.57. The van der Waals surface area contributed by atoms with Crippen molar-refractivity contribution in [1.29, 1.82) is 0 Å². The highest BCUT2D eigenvalue weighted by Crippen LogP contribution is 2.26. The highest BCUT2D eigenvalue weighted by molar-refractivity contribution is 6.00. The van der Waals surface area contributed by atoms with Gasteiger partial charge in [-0.3, -0.25) is 14.4 Å². The first-order chi connectivity index (χ1) is 14.6. The molecule has 1 atom stereocenters. The summed E-state index contributed by atoms with van der Waals surface area (Å²) in [5, 5.41) is 0. The summed E-state index contributed by atoms with van der Waals surface area (Å²) in [6.07, 6.45) is 0.233. The van der Waals surface area contributed by atoms with E-state index >= 15 is 0 Å². The maximum atomic E-state index is 13.0. The average Bonchev–Trinajstić information content (AvgIpc) is 3.20. The van der Waals surface area contributed by atoms with E-state index in [2.05, 4.69) is 0 Å². The molecule has 3 amide bonds. The van der Waals surface area contributed by atoms with E-state index in [-0.39, 0.29) is 30.1 Å². The molecule has 2 aliphatic heterocycles. The number of hydrogen-bond acceptors (Lipinski definition) is 4. The van der Waals surface area contributed by atoms with Crippen molar-refractivity contribution in [1.82, 2.24) is 9.80 Å². The van der Waals surface area contributed by atoms with Crippen molar-refractivity contribution in [2.45, 2.75) is 6.42 Å². The minimum atomic E-state index is -0.335. The van der Waals surface area contributed by atoms with Crippen molar-refractivity contribution >= 4 is 23.4 Å². The lowest BCUT2D eigenvalue weighted by Crippen LogP contribution is -2.52. The van der Waals surface area contributed by atoms with Crippen molar-refractivity contribution in [2.75, 3.05) is 44.7 Å². The zero-order valence-corrected chi connectivity index (χ0v) is 17.0. The Bertz CT molecular complexity index is 938. The van der Waals surface area contributed by atoms with Crippen molar-refractivity contribution in [3.05, 3.63) is 60.2 Å². The van der Waals surface area contributed by atoms with Gasteiger partial charge in [-0.15, -0.1) is 0 Å². The van der Waals surface area contributed by atoms with E-state index in [0.29, 0.717) is 44.0 Å². The van der Waals surface area contributed by atoms with E-state index in [1.165, 1.54) is 0 Å². The standard InChI is InChI=1S/C23H25N3O4/c1-30-20-9-5-6-17(14-20)22(28)24-10-12-25(13-11-24)23(29)18-15-21(27)26(16-18)19-7-3-2-4-8-19/h2-9,14,18H,10-13,15-16H2,1H3. The number of para-hydroxylation sites is 1. The number of amides is 3. The van der Waals surface area contributed by atoms with Crippen LogP contribution in [0.3, 0.4) is 0 Å². The predicted molar refractivity (Wildman–Crippen MR) is 112 cm³/mol. The second-order valence-electron chi connectivity index (χ2n) is 7.59. The van der Waals surface area contributed by atoms with E-state index in [1.54, 1.807) is 46.1 Å². The fraction of sp³-hybridized carbons (Fsp3) is 0.348. The molecule has 2 fully saturated rings. The Morgan fingerprint density at radius 2 is 1.63 bits per heavy atom. The average molecular weight is 407 g/mol. The van der Waals surface area contributed by atoms with Crippen molar-refractivity contribution in [3.8, 4) is 5.75 Å². The molecule has 0 aliphatic carbocycles. The van der Waals surface area contributed by atoms with Gasteiger partial charge in [0.1, 0.15) is 5.75 Å². The highest BCUT2D eigenvalue weighted by Gasteiger charge is 2.38. The van der Waals surface area contributed by atoms with Gasteiger partial charge in [-0.25, -0.2) is 0 Å². The summed E-state index contributed by atoms with van der Waals surface area (Å²) < 4.78 is 5.19. The largest absolute Gasteiger partial charge is 0.497 e. The maximum absolute atomic E-state index is 13.0. The molecule has 2 heterocycles. The lowest BCUT2D eigenvalue weighted by molar-refractivity contribution is -0.137. The van der Waals surface area contributed by atoms with Gasteiger partial charge < -0.3 is 19.4 Å². The molecule has 0 N–H and O–H groups in total. The third kappa shape index (κ3) is 4.01. The molecule has 0 bridgehead atoms. The Balaban J connectivity index is 1.34. The van der Waals surface area contributed by atoms with Crippen molar-refractivity contribution in [2.24, 2.45) is 5.92 Å². The van der Waals surface area contributed by atoms with E-state index < -0.39 is 0 Å². The molecule has 2 saturated heterocycles. The molecule has 0 radical (unpaired) electrons. The molecule has 2 aromatic rings. The molecule has 0 aromatic heterocycles. The Labute approximate surface area is 175 Å². The normalized spacial score (nSPS) is 19.2. The number of rotatable bonds is 4. The van der Waals surface area contributed by atoms with Gasteiger partial charge in [0.2, 0.25) is 11.8 Å². The summed E-state index contributed by atoms with van der Waals surface area (Å²) >= 11 is 0. The molecule has 7 heteroatoms. The van der Waals surface area contributed by atoms with E-state index in [9.17, 15) is 14.4 Å². The van der Waals surface area contributed by atoms with Gasteiger partial charge in [0.05, 0.1) is 13.0 Å². The van der Waals surface area contributed by atoms with Gasteiger partial charge in [0.25, 0.3) is 5.91 Å². The Kier molecular flexibility index (Phi) is 5.70. The van der Waals surface area contributed by atoms with Gasteiger partial charge in [0.15, 0.2) is 0 Å². The minimum absolute atomic E-state index is 0.00439. The zero-order valence-electron chi connectivity index (χ0n) is 17.0. The summed E-state index contributed by atoms with van der Waals surface area (Å²) in [6, 6.07) is 16.5. The molecule has 4 rings (SSSR count). The molecule has 30 heavy (non-hydrogen) atoms. The topological polar surface area (TPSA) is 70.2 Å². The lowest BCUT2D eigenvalue weighted by Gasteiger charge is -2.36. The number of anilines is 1.